The van der Waals surface area contributed by atoms with Crippen molar-refractivity contribution in [2.75, 3.05) is 33.9 Å². The quantitative estimate of drug-likeness (QED) is 0.868. The van der Waals surface area contributed by atoms with E-state index in [4.69, 9.17) is 14.2 Å². The Kier molecular flexibility index (Phi) is 3.86. The van der Waals surface area contributed by atoms with Crippen LogP contribution in [-0.4, -0.2) is 33.9 Å². The van der Waals surface area contributed by atoms with Gasteiger partial charge in [-0.25, -0.2) is 0 Å². The summed E-state index contributed by atoms with van der Waals surface area (Å²) in [6.07, 6.45) is 0.0359. The summed E-state index contributed by atoms with van der Waals surface area (Å²) in [5.41, 5.74) is 2.17. The largest absolute Gasteiger partial charge is 0.496 e. The second-order valence-corrected chi connectivity index (χ2v) is 4.07. The second kappa shape index (κ2) is 5.38. The fourth-order valence-corrected chi connectivity index (χ4v) is 2.23. The molecule has 0 spiro atoms. The molecular formula is C13H19NO3. The monoisotopic (exact) mass is 237 g/mol. The van der Waals surface area contributed by atoms with E-state index >= 15 is 0 Å². The number of ether oxygens (including phenoxy) is 3. The fraction of sp³-hybridized carbons (Fsp3) is 0.538. The standard InChI is InChI=1S/C13H19NO3/c1-9-10(15-2)4-5-11(16-3)13(9)12-8-14-6-7-17-12/h4-5,12,14H,6-8H2,1-3H3. The maximum Gasteiger partial charge on any atom is 0.125 e. The number of hydrogen-bond donors (Lipinski definition) is 1. The Morgan fingerprint density at radius 2 is 1.94 bits per heavy atom. The molecule has 0 aromatic heterocycles. The molecule has 1 aliphatic heterocycles. The molecule has 0 amide bonds. The molecule has 94 valence electrons. The average Bonchev–Trinajstić information content (AvgIpc) is 2.39. The Bertz CT molecular complexity index is 386. The van der Waals surface area contributed by atoms with Crippen molar-refractivity contribution in [3.8, 4) is 11.5 Å². The zero-order chi connectivity index (χ0) is 12.3. The maximum absolute atomic E-state index is 5.79. The van der Waals surface area contributed by atoms with E-state index < -0.39 is 0 Å². The van der Waals surface area contributed by atoms with Crippen LogP contribution < -0.4 is 14.8 Å². The van der Waals surface area contributed by atoms with Gasteiger partial charge < -0.3 is 19.5 Å². The minimum Gasteiger partial charge on any atom is -0.496 e. The molecular weight excluding hydrogens is 218 g/mol. The van der Waals surface area contributed by atoms with Crippen LogP contribution in [-0.2, 0) is 4.74 Å². The van der Waals surface area contributed by atoms with Crippen molar-refractivity contribution >= 4 is 0 Å². The molecule has 1 atom stereocenters. The van der Waals surface area contributed by atoms with Gasteiger partial charge in [0.25, 0.3) is 0 Å². The average molecular weight is 237 g/mol. The van der Waals surface area contributed by atoms with Gasteiger partial charge in [-0.2, -0.15) is 0 Å². The van der Waals surface area contributed by atoms with Crippen molar-refractivity contribution in [2.24, 2.45) is 0 Å². The first-order chi connectivity index (χ1) is 8.27. The van der Waals surface area contributed by atoms with Crippen LogP contribution in [0.1, 0.15) is 17.2 Å². The highest BCUT2D eigenvalue weighted by Gasteiger charge is 2.23. The van der Waals surface area contributed by atoms with Gasteiger partial charge in [-0.05, 0) is 19.1 Å². The molecule has 1 aromatic rings. The fourth-order valence-electron chi connectivity index (χ4n) is 2.23. The molecule has 1 saturated heterocycles. The van der Waals surface area contributed by atoms with Gasteiger partial charge in [0.1, 0.15) is 11.5 Å². The number of morpholine rings is 1. The van der Waals surface area contributed by atoms with Gasteiger partial charge in [-0.3, -0.25) is 0 Å². The number of methoxy groups -OCH3 is 2. The van der Waals surface area contributed by atoms with Crippen LogP contribution in [0.15, 0.2) is 12.1 Å². The molecule has 4 nitrogen and oxygen atoms in total. The molecule has 0 saturated carbocycles. The van der Waals surface area contributed by atoms with Crippen molar-refractivity contribution in [3.63, 3.8) is 0 Å². The minimum absolute atomic E-state index is 0.0359. The molecule has 0 bridgehead atoms. The summed E-state index contributed by atoms with van der Waals surface area (Å²) < 4.78 is 16.5. The van der Waals surface area contributed by atoms with E-state index in [1.54, 1.807) is 14.2 Å². The van der Waals surface area contributed by atoms with E-state index in [0.717, 1.165) is 42.3 Å². The normalized spacial score (nSPS) is 20.1. The SMILES string of the molecule is COc1ccc(OC)c(C2CNCCO2)c1C. The molecule has 1 N–H and O–H groups in total. The van der Waals surface area contributed by atoms with Crippen molar-refractivity contribution in [1.29, 1.82) is 0 Å². The molecule has 0 radical (unpaired) electrons. The molecule has 4 heteroatoms. The summed E-state index contributed by atoms with van der Waals surface area (Å²) in [5, 5.41) is 3.33. The Morgan fingerprint density at radius 3 is 2.53 bits per heavy atom. The highest BCUT2D eigenvalue weighted by Crippen LogP contribution is 2.36. The van der Waals surface area contributed by atoms with E-state index in [0.29, 0.717) is 0 Å². The third-order valence-corrected chi connectivity index (χ3v) is 3.11. The van der Waals surface area contributed by atoms with Gasteiger partial charge in [-0.15, -0.1) is 0 Å². The van der Waals surface area contributed by atoms with Gasteiger partial charge >= 0.3 is 0 Å². The van der Waals surface area contributed by atoms with Gasteiger partial charge in [0, 0.05) is 24.2 Å². The predicted octanol–water partition coefficient (Wildman–Crippen LogP) is 1.67. The van der Waals surface area contributed by atoms with Crippen molar-refractivity contribution < 1.29 is 14.2 Å². The molecule has 1 unspecified atom stereocenters. The third kappa shape index (κ3) is 2.37. The zero-order valence-corrected chi connectivity index (χ0v) is 10.6. The van der Waals surface area contributed by atoms with Crippen LogP contribution in [0.25, 0.3) is 0 Å². The summed E-state index contributed by atoms with van der Waals surface area (Å²) in [6, 6.07) is 3.85. The van der Waals surface area contributed by atoms with Crippen molar-refractivity contribution in [2.45, 2.75) is 13.0 Å². The highest BCUT2D eigenvalue weighted by molar-refractivity contribution is 5.49. The Balaban J connectivity index is 2.40. The van der Waals surface area contributed by atoms with E-state index in [2.05, 4.69) is 5.32 Å². The van der Waals surface area contributed by atoms with Crippen LogP contribution in [0.5, 0.6) is 11.5 Å². The van der Waals surface area contributed by atoms with Gasteiger partial charge in [0.15, 0.2) is 0 Å². The number of rotatable bonds is 3. The third-order valence-electron chi connectivity index (χ3n) is 3.11. The van der Waals surface area contributed by atoms with Gasteiger partial charge in [0.2, 0.25) is 0 Å². The molecule has 1 heterocycles. The molecule has 1 aliphatic rings. The zero-order valence-electron chi connectivity index (χ0n) is 10.6. The van der Waals surface area contributed by atoms with Crippen molar-refractivity contribution in [3.05, 3.63) is 23.3 Å². The Labute approximate surface area is 102 Å². The topological polar surface area (TPSA) is 39.7 Å². The summed E-state index contributed by atoms with van der Waals surface area (Å²) in [4.78, 5) is 0. The van der Waals surface area contributed by atoms with E-state index in [1.165, 1.54) is 0 Å². The summed E-state index contributed by atoms with van der Waals surface area (Å²) in [7, 11) is 3.36. The number of hydrogen-bond acceptors (Lipinski definition) is 4. The molecule has 1 fully saturated rings. The summed E-state index contributed by atoms with van der Waals surface area (Å²) >= 11 is 0. The first kappa shape index (κ1) is 12.2. The Morgan fingerprint density at radius 1 is 1.24 bits per heavy atom. The first-order valence-corrected chi connectivity index (χ1v) is 5.81. The Hall–Kier alpha value is -1.26. The number of nitrogens with one attached hydrogen (secondary N) is 1. The lowest BCUT2D eigenvalue weighted by atomic mass is 10.00. The van der Waals surface area contributed by atoms with E-state index in [-0.39, 0.29) is 6.10 Å². The van der Waals surface area contributed by atoms with Crippen LogP contribution in [0.3, 0.4) is 0 Å². The molecule has 0 aliphatic carbocycles. The lowest BCUT2D eigenvalue weighted by Gasteiger charge is -2.27. The number of benzene rings is 1. The van der Waals surface area contributed by atoms with E-state index in [1.807, 2.05) is 19.1 Å². The first-order valence-electron chi connectivity index (χ1n) is 5.81. The van der Waals surface area contributed by atoms with Crippen molar-refractivity contribution in [1.82, 2.24) is 5.32 Å². The highest BCUT2D eigenvalue weighted by atomic mass is 16.5. The molecule has 1 aromatic carbocycles. The molecule has 17 heavy (non-hydrogen) atoms. The van der Waals surface area contributed by atoms with Gasteiger partial charge in [-0.1, -0.05) is 0 Å². The summed E-state index contributed by atoms with van der Waals surface area (Å²) in [6.45, 7) is 4.48. The van der Waals surface area contributed by atoms with Crippen LogP contribution >= 0.6 is 0 Å². The predicted molar refractivity (Wildman–Crippen MR) is 65.8 cm³/mol. The van der Waals surface area contributed by atoms with Gasteiger partial charge in [0.05, 0.1) is 26.9 Å². The van der Waals surface area contributed by atoms with Crippen LogP contribution in [0.4, 0.5) is 0 Å². The van der Waals surface area contributed by atoms with Crippen LogP contribution in [0.2, 0.25) is 0 Å². The van der Waals surface area contributed by atoms with Crippen LogP contribution in [0, 0.1) is 6.92 Å². The molecule has 2 rings (SSSR count). The minimum atomic E-state index is 0.0359. The maximum atomic E-state index is 5.79. The lowest BCUT2D eigenvalue weighted by molar-refractivity contribution is 0.0257. The van der Waals surface area contributed by atoms with E-state index in [9.17, 15) is 0 Å². The second-order valence-electron chi connectivity index (χ2n) is 4.07. The smallest absolute Gasteiger partial charge is 0.125 e. The lowest BCUT2D eigenvalue weighted by Crippen LogP contribution is -2.33. The summed E-state index contributed by atoms with van der Waals surface area (Å²) in [5.74, 6) is 1.73.